The van der Waals surface area contributed by atoms with Crippen LogP contribution in [0.15, 0.2) is 43.0 Å². The van der Waals surface area contributed by atoms with Crippen molar-refractivity contribution in [1.29, 1.82) is 0 Å². The van der Waals surface area contributed by atoms with Crippen molar-refractivity contribution in [2.45, 2.75) is 43.9 Å². The minimum Gasteiger partial charge on any atom is -0.457 e. The van der Waals surface area contributed by atoms with E-state index in [9.17, 15) is 9.90 Å². The second-order valence-corrected chi connectivity index (χ2v) is 5.91. The molecule has 25 heavy (non-hydrogen) atoms. The first-order valence-corrected chi connectivity index (χ1v) is 8.15. The van der Waals surface area contributed by atoms with Crippen molar-refractivity contribution >= 4 is 5.97 Å². The van der Waals surface area contributed by atoms with E-state index in [1.54, 1.807) is 6.08 Å². The van der Waals surface area contributed by atoms with Crippen molar-refractivity contribution in [2.24, 2.45) is 0 Å². The largest absolute Gasteiger partial charge is 0.457 e. The second-order valence-electron chi connectivity index (χ2n) is 5.91. The number of carbonyl (C=O) groups excluding carboxylic acids is 1. The monoisotopic (exact) mass is 350 g/mol. The standard InChI is InChI=1S/C18H22O7/c1-3-9-21-18-14(20)16(23-11(2)19)15-13(24-18)10-22-17(25-15)12-7-5-4-6-8-12/h3-8,13-18,20H,1,9-10H2,2H3/t13-,14-,15-,16-,17-,18+/m1/s1. The summed E-state index contributed by atoms with van der Waals surface area (Å²) in [5.74, 6) is -0.515. The van der Waals surface area contributed by atoms with Crippen LogP contribution >= 0.6 is 0 Å². The summed E-state index contributed by atoms with van der Waals surface area (Å²) in [4.78, 5) is 11.5. The van der Waals surface area contributed by atoms with Crippen LogP contribution in [0.2, 0.25) is 0 Å². The first-order valence-electron chi connectivity index (χ1n) is 8.15. The van der Waals surface area contributed by atoms with Crippen LogP contribution in [0.25, 0.3) is 0 Å². The maximum Gasteiger partial charge on any atom is 0.303 e. The van der Waals surface area contributed by atoms with Gasteiger partial charge in [0.05, 0.1) is 13.2 Å². The van der Waals surface area contributed by atoms with Crippen molar-refractivity contribution < 1.29 is 33.6 Å². The van der Waals surface area contributed by atoms with Gasteiger partial charge in [-0.15, -0.1) is 6.58 Å². The molecule has 0 bridgehead atoms. The number of fused-ring (bicyclic) bond motifs is 1. The summed E-state index contributed by atoms with van der Waals surface area (Å²) in [7, 11) is 0. The highest BCUT2D eigenvalue weighted by Gasteiger charge is 2.51. The van der Waals surface area contributed by atoms with Crippen LogP contribution in [0.3, 0.4) is 0 Å². The van der Waals surface area contributed by atoms with E-state index in [-0.39, 0.29) is 13.2 Å². The Morgan fingerprint density at radius 2 is 2.12 bits per heavy atom. The lowest BCUT2D eigenvalue weighted by atomic mass is 9.97. The van der Waals surface area contributed by atoms with Gasteiger partial charge in [-0.3, -0.25) is 4.79 Å². The maximum absolute atomic E-state index is 11.5. The lowest BCUT2D eigenvalue weighted by Gasteiger charge is -2.47. The number of benzene rings is 1. The number of esters is 1. The zero-order valence-corrected chi connectivity index (χ0v) is 13.9. The number of aliphatic hydroxyl groups excluding tert-OH is 1. The first-order chi connectivity index (χ1) is 12.1. The molecule has 0 aromatic heterocycles. The molecule has 1 N–H and O–H groups in total. The highest BCUT2D eigenvalue weighted by atomic mass is 16.8. The van der Waals surface area contributed by atoms with E-state index in [1.807, 2.05) is 30.3 Å². The molecule has 1 aromatic carbocycles. The Kier molecular flexibility index (Phi) is 5.82. The van der Waals surface area contributed by atoms with Gasteiger partial charge < -0.3 is 28.8 Å². The summed E-state index contributed by atoms with van der Waals surface area (Å²) in [5, 5.41) is 10.5. The molecule has 136 valence electrons. The number of ether oxygens (including phenoxy) is 5. The Morgan fingerprint density at radius 3 is 2.80 bits per heavy atom. The molecule has 2 aliphatic heterocycles. The Labute approximate surface area is 146 Å². The fraction of sp³-hybridized carbons (Fsp3) is 0.500. The summed E-state index contributed by atoms with van der Waals surface area (Å²) >= 11 is 0. The van der Waals surface area contributed by atoms with Gasteiger partial charge in [0.15, 0.2) is 18.7 Å². The van der Waals surface area contributed by atoms with Gasteiger partial charge in [0.1, 0.15) is 18.3 Å². The Hall–Kier alpha value is -1.77. The van der Waals surface area contributed by atoms with Crippen molar-refractivity contribution in [1.82, 2.24) is 0 Å². The molecule has 2 saturated heterocycles. The molecule has 6 atom stereocenters. The molecule has 2 fully saturated rings. The van der Waals surface area contributed by atoms with Gasteiger partial charge in [0, 0.05) is 12.5 Å². The third-order valence-electron chi connectivity index (χ3n) is 4.06. The van der Waals surface area contributed by atoms with Crippen LogP contribution in [0.1, 0.15) is 18.8 Å². The summed E-state index contributed by atoms with van der Waals surface area (Å²) < 4.78 is 28.2. The topological polar surface area (TPSA) is 83.5 Å². The number of hydrogen-bond donors (Lipinski definition) is 1. The summed E-state index contributed by atoms with van der Waals surface area (Å²) in [5.41, 5.74) is 0.835. The molecule has 2 heterocycles. The fourth-order valence-corrected chi connectivity index (χ4v) is 2.97. The van der Waals surface area contributed by atoms with E-state index in [0.29, 0.717) is 0 Å². The second kappa shape index (κ2) is 8.07. The molecule has 0 radical (unpaired) electrons. The van der Waals surface area contributed by atoms with Gasteiger partial charge in [-0.05, 0) is 0 Å². The zero-order valence-electron chi connectivity index (χ0n) is 13.9. The number of hydrogen-bond acceptors (Lipinski definition) is 7. The normalized spacial score (nSPS) is 34.8. The average Bonchev–Trinajstić information content (AvgIpc) is 2.63. The Bertz CT molecular complexity index is 590. The van der Waals surface area contributed by atoms with E-state index < -0.39 is 43.0 Å². The van der Waals surface area contributed by atoms with Crippen LogP contribution < -0.4 is 0 Å². The predicted molar refractivity (Wildman–Crippen MR) is 86.4 cm³/mol. The van der Waals surface area contributed by atoms with Crippen LogP contribution in [0.4, 0.5) is 0 Å². The molecule has 7 nitrogen and oxygen atoms in total. The molecular weight excluding hydrogens is 328 g/mol. The van der Waals surface area contributed by atoms with Crippen molar-refractivity contribution in [3.05, 3.63) is 48.6 Å². The number of aliphatic hydroxyl groups is 1. The van der Waals surface area contributed by atoms with Gasteiger partial charge in [0.25, 0.3) is 0 Å². The van der Waals surface area contributed by atoms with Crippen molar-refractivity contribution in [2.75, 3.05) is 13.2 Å². The lowest BCUT2D eigenvalue weighted by Crippen LogP contribution is -2.63. The molecular formula is C18H22O7. The first kappa shape index (κ1) is 18.0. The van der Waals surface area contributed by atoms with E-state index in [1.165, 1.54) is 6.92 Å². The molecule has 3 rings (SSSR count). The number of rotatable bonds is 5. The van der Waals surface area contributed by atoms with E-state index in [0.717, 1.165) is 5.56 Å². The van der Waals surface area contributed by atoms with Crippen molar-refractivity contribution in [3.8, 4) is 0 Å². The van der Waals surface area contributed by atoms with E-state index in [2.05, 4.69) is 6.58 Å². The Balaban J connectivity index is 1.78. The molecule has 0 amide bonds. The molecule has 0 spiro atoms. The minimum absolute atomic E-state index is 0.195. The summed E-state index contributed by atoms with van der Waals surface area (Å²) in [6.07, 6.45) is -3.32. The van der Waals surface area contributed by atoms with Crippen molar-refractivity contribution in [3.63, 3.8) is 0 Å². The maximum atomic E-state index is 11.5. The van der Waals surface area contributed by atoms with Gasteiger partial charge in [-0.1, -0.05) is 36.4 Å². The van der Waals surface area contributed by atoms with E-state index in [4.69, 9.17) is 23.7 Å². The summed E-state index contributed by atoms with van der Waals surface area (Å²) in [6, 6.07) is 9.40. The quantitative estimate of drug-likeness (QED) is 0.633. The zero-order chi connectivity index (χ0) is 17.8. The van der Waals surface area contributed by atoms with Gasteiger partial charge >= 0.3 is 5.97 Å². The highest BCUT2D eigenvalue weighted by Crippen LogP contribution is 2.35. The molecule has 1 aromatic rings. The third-order valence-corrected chi connectivity index (χ3v) is 4.06. The predicted octanol–water partition coefficient (Wildman–Crippen LogP) is 1.32. The van der Waals surface area contributed by atoms with Crippen LogP contribution in [0.5, 0.6) is 0 Å². The Morgan fingerprint density at radius 1 is 1.36 bits per heavy atom. The fourth-order valence-electron chi connectivity index (χ4n) is 2.97. The average molecular weight is 350 g/mol. The highest BCUT2D eigenvalue weighted by molar-refractivity contribution is 5.66. The minimum atomic E-state index is -1.18. The van der Waals surface area contributed by atoms with Gasteiger partial charge in [-0.25, -0.2) is 0 Å². The molecule has 0 unspecified atom stereocenters. The number of carbonyl (C=O) groups is 1. The summed E-state index contributed by atoms with van der Waals surface area (Å²) in [6.45, 7) is 5.27. The van der Waals surface area contributed by atoms with E-state index >= 15 is 0 Å². The van der Waals surface area contributed by atoms with Gasteiger partial charge in [-0.2, -0.15) is 0 Å². The van der Waals surface area contributed by atoms with Gasteiger partial charge in [0.2, 0.25) is 0 Å². The molecule has 7 heteroatoms. The molecule has 2 aliphatic rings. The van der Waals surface area contributed by atoms with Crippen LogP contribution in [-0.2, 0) is 28.5 Å². The SMILES string of the molecule is C=CCO[C@H]1O[C@@H]2CO[C@@H](c3ccccc3)O[C@H]2[C@H](OC(C)=O)[C@H]1O. The third kappa shape index (κ3) is 4.08. The molecule has 0 aliphatic carbocycles. The van der Waals surface area contributed by atoms with Crippen LogP contribution in [-0.4, -0.2) is 55.0 Å². The smallest absolute Gasteiger partial charge is 0.303 e. The van der Waals surface area contributed by atoms with Crippen LogP contribution in [0, 0.1) is 0 Å². The molecule has 0 saturated carbocycles. The lowest BCUT2D eigenvalue weighted by molar-refractivity contribution is -0.360.